The van der Waals surface area contributed by atoms with Crippen LogP contribution in [0.1, 0.15) is 24.5 Å². The van der Waals surface area contributed by atoms with Gasteiger partial charge in [0.1, 0.15) is 11.6 Å². The molecule has 0 saturated carbocycles. The van der Waals surface area contributed by atoms with Gasteiger partial charge in [-0.05, 0) is 49.7 Å². The van der Waals surface area contributed by atoms with Crippen molar-refractivity contribution >= 4 is 33.3 Å². The van der Waals surface area contributed by atoms with Gasteiger partial charge in [-0.3, -0.25) is 10.4 Å². The molecule has 0 heterocycles. The Labute approximate surface area is 189 Å². The third-order valence-electron chi connectivity index (χ3n) is 3.92. The maximum atomic E-state index is 12.5. The Morgan fingerprint density at radius 2 is 1.62 bits per heavy atom. The van der Waals surface area contributed by atoms with Crippen LogP contribution in [-0.4, -0.2) is 45.7 Å². The Morgan fingerprint density at radius 1 is 1.06 bits per heavy atom. The maximum absolute atomic E-state index is 12.5. The zero-order chi connectivity index (χ0) is 23.8. The second-order valence-electron chi connectivity index (χ2n) is 6.40. The standard InChI is InChI=1S/C20H21ClF3N3O4S/c1-14(25-12-3-13-30-2)26-27-19(15-4-8-17(21)9-5-15)16-6-10-18(11-7-16)31-32(28,29)20(22,23)24/h4-11H,3,12-13H2,1-2H3,(H,25,26). The van der Waals surface area contributed by atoms with Gasteiger partial charge in [0.25, 0.3) is 0 Å². The van der Waals surface area contributed by atoms with Crippen LogP contribution in [0, 0.1) is 0 Å². The van der Waals surface area contributed by atoms with Crippen LogP contribution in [0.4, 0.5) is 13.2 Å². The zero-order valence-electron chi connectivity index (χ0n) is 17.2. The largest absolute Gasteiger partial charge is 0.534 e. The van der Waals surface area contributed by atoms with Crippen molar-refractivity contribution in [2.24, 2.45) is 10.1 Å². The highest BCUT2D eigenvalue weighted by Gasteiger charge is 2.48. The lowest BCUT2D eigenvalue weighted by Crippen LogP contribution is -2.28. The van der Waals surface area contributed by atoms with Crippen molar-refractivity contribution in [3.63, 3.8) is 0 Å². The van der Waals surface area contributed by atoms with Crippen LogP contribution in [0.25, 0.3) is 0 Å². The molecule has 0 aromatic heterocycles. The van der Waals surface area contributed by atoms with E-state index in [1.807, 2.05) is 0 Å². The zero-order valence-corrected chi connectivity index (χ0v) is 18.8. The van der Waals surface area contributed by atoms with Crippen LogP contribution in [0.15, 0.2) is 58.6 Å². The molecule has 0 fully saturated rings. The number of amidine groups is 1. The summed E-state index contributed by atoms with van der Waals surface area (Å²) in [6.45, 7) is 2.85. The molecular formula is C20H21ClF3N3O4S. The summed E-state index contributed by atoms with van der Waals surface area (Å²) in [4.78, 5) is 4.32. The number of nitrogens with zero attached hydrogens (tertiary/aromatic N) is 2. The number of benzene rings is 2. The second-order valence-corrected chi connectivity index (χ2v) is 8.37. The SMILES string of the molecule is COCCCN=C(C)NN=C(c1ccc(Cl)cc1)c1ccc(OS(=O)(=O)C(F)(F)F)cc1. The van der Waals surface area contributed by atoms with E-state index in [-0.39, 0.29) is 0 Å². The van der Waals surface area contributed by atoms with Gasteiger partial charge in [0.15, 0.2) is 0 Å². The minimum atomic E-state index is -5.76. The van der Waals surface area contributed by atoms with Crippen LogP contribution in [-0.2, 0) is 14.9 Å². The number of methoxy groups -OCH3 is 1. The van der Waals surface area contributed by atoms with Gasteiger partial charge < -0.3 is 8.92 Å². The molecule has 0 spiro atoms. The molecule has 1 N–H and O–H groups in total. The van der Waals surface area contributed by atoms with E-state index in [4.69, 9.17) is 16.3 Å². The van der Waals surface area contributed by atoms with Gasteiger partial charge in [0.2, 0.25) is 0 Å². The molecule has 0 atom stereocenters. The van der Waals surface area contributed by atoms with Crippen LogP contribution in [0.5, 0.6) is 5.75 Å². The first-order valence-corrected chi connectivity index (χ1v) is 11.0. The Hall–Kier alpha value is -2.63. The number of rotatable bonds is 9. The van der Waals surface area contributed by atoms with Crippen molar-refractivity contribution in [1.82, 2.24) is 5.43 Å². The molecule has 2 rings (SSSR count). The molecule has 2 aromatic rings. The topological polar surface area (TPSA) is 89.3 Å². The number of hydrogen-bond donors (Lipinski definition) is 1. The van der Waals surface area contributed by atoms with Crippen molar-refractivity contribution in [3.8, 4) is 5.75 Å². The summed E-state index contributed by atoms with van der Waals surface area (Å²) >= 11 is 5.94. The van der Waals surface area contributed by atoms with E-state index in [9.17, 15) is 21.6 Å². The summed E-state index contributed by atoms with van der Waals surface area (Å²) in [5.41, 5.74) is -1.11. The summed E-state index contributed by atoms with van der Waals surface area (Å²) in [5, 5.41) is 4.87. The molecule has 32 heavy (non-hydrogen) atoms. The highest BCUT2D eigenvalue weighted by molar-refractivity contribution is 7.88. The maximum Gasteiger partial charge on any atom is 0.534 e. The van der Waals surface area contributed by atoms with Gasteiger partial charge >= 0.3 is 15.6 Å². The highest BCUT2D eigenvalue weighted by atomic mass is 35.5. The van der Waals surface area contributed by atoms with Crippen molar-refractivity contribution in [2.75, 3.05) is 20.3 Å². The highest BCUT2D eigenvalue weighted by Crippen LogP contribution is 2.27. The summed E-state index contributed by atoms with van der Waals surface area (Å²) in [6, 6.07) is 11.7. The quantitative estimate of drug-likeness (QED) is 0.140. The number of hydrogen-bond acceptors (Lipinski definition) is 6. The van der Waals surface area contributed by atoms with E-state index in [2.05, 4.69) is 19.7 Å². The van der Waals surface area contributed by atoms with Gasteiger partial charge in [0, 0.05) is 36.4 Å². The predicted molar refractivity (Wildman–Crippen MR) is 117 cm³/mol. The molecule has 0 amide bonds. The Kier molecular flexibility index (Phi) is 9.05. The van der Waals surface area contributed by atoms with Gasteiger partial charge in [-0.2, -0.15) is 26.7 Å². The molecule has 2 aromatic carbocycles. The summed E-state index contributed by atoms with van der Waals surface area (Å²) in [7, 11) is -4.15. The summed E-state index contributed by atoms with van der Waals surface area (Å²) in [6.07, 6.45) is 0.742. The number of alkyl halides is 3. The molecule has 0 saturated heterocycles. The number of halogens is 4. The smallest absolute Gasteiger partial charge is 0.385 e. The van der Waals surface area contributed by atoms with Crippen molar-refractivity contribution in [3.05, 3.63) is 64.7 Å². The van der Waals surface area contributed by atoms with Crippen LogP contribution < -0.4 is 9.61 Å². The minimum Gasteiger partial charge on any atom is -0.385 e. The fraction of sp³-hybridized carbons (Fsp3) is 0.300. The van der Waals surface area contributed by atoms with E-state index in [1.54, 1.807) is 38.3 Å². The third-order valence-corrected chi connectivity index (χ3v) is 5.15. The van der Waals surface area contributed by atoms with E-state index >= 15 is 0 Å². The number of nitrogens with one attached hydrogen (secondary N) is 1. The fourth-order valence-electron chi connectivity index (χ4n) is 2.37. The van der Waals surface area contributed by atoms with Gasteiger partial charge in [-0.1, -0.05) is 23.7 Å². The molecular weight excluding hydrogens is 471 g/mol. The Balaban J connectivity index is 2.29. The molecule has 7 nitrogen and oxygen atoms in total. The second kappa shape index (κ2) is 11.3. The van der Waals surface area contributed by atoms with Crippen molar-refractivity contribution in [1.29, 1.82) is 0 Å². The Bertz CT molecular complexity index is 1050. The van der Waals surface area contributed by atoms with Gasteiger partial charge in [-0.15, -0.1) is 0 Å². The van der Waals surface area contributed by atoms with E-state index < -0.39 is 21.4 Å². The fourth-order valence-corrected chi connectivity index (χ4v) is 2.96. The molecule has 174 valence electrons. The van der Waals surface area contributed by atoms with Crippen molar-refractivity contribution < 1.29 is 30.5 Å². The van der Waals surface area contributed by atoms with Crippen LogP contribution in [0.2, 0.25) is 5.02 Å². The van der Waals surface area contributed by atoms with Gasteiger partial charge in [0.05, 0.1) is 5.71 Å². The first-order valence-electron chi connectivity index (χ1n) is 9.24. The average molecular weight is 492 g/mol. The summed E-state index contributed by atoms with van der Waals surface area (Å²) < 4.78 is 69.0. The molecule has 0 unspecified atom stereocenters. The van der Waals surface area contributed by atoms with Gasteiger partial charge in [-0.25, -0.2) is 0 Å². The first-order chi connectivity index (χ1) is 15.0. The lowest BCUT2D eigenvalue weighted by atomic mass is 10.0. The number of aliphatic imine (C=N–C) groups is 1. The van der Waals surface area contributed by atoms with Crippen LogP contribution >= 0.6 is 11.6 Å². The molecule has 0 aliphatic carbocycles. The lowest BCUT2D eigenvalue weighted by Gasteiger charge is -2.11. The lowest BCUT2D eigenvalue weighted by molar-refractivity contribution is -0.0500. The number of hydrazone groups is 1. The molecule has 0 radical (unpaired) electrons. The molecule has 12 heteroatoms. The summed E-state index contributed by atoms with van der Waals surface area (Å²) in [5.74, 6) is 0.0640. The normalized spacial score (nSPS) is 13.2. The first kappa shape index (κ1) is 25.6. The van der Waals surface area contributed by atoms with E-state index in [0.29, 0.717) is 40.8 Å². The van der Waals surface area contributed by atoms with E-state index in [0.717, 1.165) is 18.6 Å². The van der Waals surface area contributed by atoms with Crippen LogP contribution in [0.3, 0.4) is 0 Å². The minimum absolute atomic E-state index is 0.429. The Morgan fingerprint density at radius 3 is 2.16 bits per heavy atom. The average Bonchev–Trinajstić information content (AvgIpc) is 2.72. The van der Waals surface area contributed by atoms with E-state index in [1.165, 1.54) is 12.1 Å². The predicted octanol–water partition coefficient (Wildman–Crippen LogP) is 4.37. The molecule has 0 aliphatic rings. The third kappa shape index (κ3) is 7.50. The molecule has 0 bridgehead atoms. The van der Waals surface area contributed by atoms with Crippen molar-refractivity contribution in [2.45, 2.75) is 18.9 Å². The monoisotopic (exact) mass is 491 g/mol. The number of ether oxygens (including phenoxy) is 1. The molecule has 0 aliphatic heterocycles.